The van der Waals surface area contributed by atoms with Crippen molar-refractivity contribution in [1.29, 1.82) is 0 Å². The summed E-state index contributed by atoms with van der Waals surface area (Å²) in [6.07, 6.45) is 1.03. The lowest BCUT2D eigenvalue weighted by atomic mass is 10.0. The normalized spacial score (nSPS) is 12.6. The van der Waals surface area contributed by atoms with Crippen LogP contribution < -0.4 is 0 Å². The van der Waals surface area contributed by atoms with E-state index in [1.807, 2.05) is 48.5 Å². The summed E-state index contributed by atoms with van der Waals surface area (Å²) in [6.45, 7) is 0. The quantitative estimate of drug-likeness (QED) is 0.676. The molecule has 0 saturated heterocycles. The van der Waals surface area contributed by atoms with Gasteiger partial charge in [-0.1, -0.05) is 50.1 Å². The first-order chi connectivity index (χ1) is 9.63. The van der Waals surface area contributed by atoms with Gasteiger partial charge in [0.2, 0.25) is 0 Å². The van der Waals surface area contributed by atoms with Gasteiger partial charge in [-0.2, -0.15) is 0 Å². The van der Waals surface area contributed by atoms with Crippen molar-refractivity contribution < 1.29 is 5.11 Å². The fourth-order valence-electron chi connectivity index (χ4n) is 2.16. The average molecular weight is 393 g/mol. The maximum atomic E-state index is 10.5. The zero-order chi connectivity index (χ0) is 14.1. The second kappa shape index (κ2) is 5.64. The van der Waals surface area contributed by atoms with E-state index in [1.54, 1.807) is 6.20 Å². The van der Waals surface area contributed by atoms with E-state index < -0.39 is 6.10 Å². The van der Waals surface area contributed by atoms with Gasteiger partial charge in [0.15, 0.2) is 0 Å². The first-order valence-electron chi connectivity index (χ1n) is 6.12. The number of pyridine rings is 1. The molecule has 0 amide bonds. The molecule has 0 fully saturated rings. The van der Waals surface area contributed by atoms with Crippen LogP contribution in [0.1, 0.15) is 17.2 Å². The smallest absolute Gasteiger partial charge is 0.106 e. The van der Waals surface area contributed by atoms with E-state index in [0.29, 0.717) is 0 Å². The molecular weight excluding hydrogens is 382 g/mol. The van der Waals surface area contributed by atoms with Gasteiger partial charge in [-0.3, -0.25) is 4.98 Å². The predicted octanol–water partition coefficient (Wildman–Crippen LogP) is 4.84. The largest absolute Gasteiger partial charge is 0.384 e. The first kappa shape index (κ1) is 13.7. The maximum absolute atomic E-state index is 10.5. The number of aromatic nitrogens is 1. The van der Waals surface area contributed by atoms with Gasteiger partial charge in [-0.05, 0) is 35.9 Å². The van der Waals surface area contributed by atoms with Crippen molar-refractivity contribution in [1.82, 2.24) is 4.98 Å². The summed E-state index contributed by atoms with van der Waals surface area (Å²) >= 11 is 6.87. The van der Waals surface area contributed by atoms with E-state index in [1.165, 1.54) is 0 Å². The monoisotopic (exact) mass is 391 g/mol. The highest BCUT2D eigenvalue weighted by atomic mass is 79.9. The fraction of sp³-hybridized carbons (Fsp3) is 0.0625. The molecule has 1 N–H and O–H groups in total. The Morgan fingerprint density at radius 3 is 2.35 bits per heavy atom. The average Bonchev–Trinajstić information content (AvgIpc) is 2.45. The molecule has 0 saturated carbocycles. The first-order valence-corrected chi connectivity index (χ1v) is 7.71. The number of nitrogens with zero attached hydrogens (tertiary/aromatic N) is 1. The minimum absolute atomic E-state index is 0.694. The molecule has 1 aromatic heterocycles. The summed E-state index contributed by atoms with van der Waals surface area (Å²) in [6, 6.07) is 15.6. The van der Waals surface area contributed by atoms with Crippen molar-refractivity contribution in [2.75, 3.05) is 0 Å². The maximum Gasteiger partial charge on any atom is 0.106 e. The van der Waals surface area contributed by atoms with E-state index in [4.69, 9.17) is 0 Å². The molecule has 2 aromatic carbocycles. The second-order valence-electron chi connectivity index (χ2n) is 4.57. The Morgan fingerprint density at radius 1 is 0.900 bits per heavy atom. The van der Waals surface area contributed by atoms with Crippen LogP contribution in [0.3, 0.4) is 0 Å². The number of fused-ring (bicyclic) bond motifs is 1. The van der Waals surface area contributed by atoms with Crippen molar-refractivity contribution in [2.45, 2.75) is 6.10 Å². The van der Waals surface area contributed by atoms with Crippen LogP contribution in [0.5, 0.6) is 0 Å². The molecule has 1 heterocycles. The molecule has 0 radical (unpaired) electrons. The van der Waals surface area contributed by atoms with Crippen molar-refractivity contribution in [3.05, 3.63) is 74.8 Å². The van der Waals surface area contributed by atoms with Gasteiger partial charge >= 0.3 is 0 Å². The summed E-state index contributed by atoms with van der Waals surface area (Å²) in [7, 11) is 0. The molecule has 0 aliphatic heterocycles. The van der Waals surface area contributed by atoms with Crippen molar-refractivity contribution in [3.8, 4) is 0 Å². The van der Waals surface area contributed by atoms with Crippen LogP contribution in [-0.2, 0) is 0 Å². The van der Waals surface area contributed by atoms with Gasteiger partial charge in [-0.25, -0.2) is 0 Å². The summed E-state index contributed by atoms with van der Waals surface area (Å²) in [5.41, 5.74) is 2.54. The highest BCUT2D eigenvalue weighted by molar-refractivity contribution is 9.11. The van der Waals surface area contributed by atoms with Crippen LogP contribution in [-0.4, -0.2) is 10.1 Å². The SMILES string of the molecule is OC(c1cc(Br)cc(Br)c1)c1cnc2ccccc2c1. The van der Waals surface area contributed by atoms with E-state index in [9.17, 15) is 5.11 Å². The molecule has 4 heteroatoms. The summed E-state index contributed by atoms with van der Waals surface area (Å²) < 4.78 is 1.85. The highest BCUT2D eigenvalue weighted by Gasteiger charge is 2.12. The van der Waals surface area contributed by atoms with E-state index in [0.717, 1.165) is 31.0 Å². The molecule has 0 bridgehead atoms. The molecule has 3 aromatic rings. The Hall–Kier alpha value is -1.23. The summed E-state index contributed by atoms with van der Waals surface area (Å²) in [5, 5.41) is 11.5. The van der Waals surface area contributed by atoms with Crippen LogP contribution >= 0.6 is 31.9 Å². The molecule has 3 rings (SSSR count). The lowest BCUT2D eigenvalue weighted by Crippen LogP contribution is -2.00. The highest BCUT2D eigenvalue weighted by Crippen LogP contribution is 2.29. The number of aliphatic hydroxyl groups excluding tert-OH is 1. The zero-order valence-corrected chi connectivity index (χ0v) is 13.6. The number of halogens is 2. The Morgan fingerprint density at radius 2 is 1.60 bits per heavy atom. The van der Waals surface area contributed by atoms with E-state index >= 15 is 0 Å². The Labute approximate surface area is 133 Å². The van der Waals surface area contributed by atoms with E-state index in [2.05, 4.69) is 36.8 Å². The number of hydrogen-bond donors (Lipinski definition) is 1. The topological polar surface area (TPSA) is 33.1 Å². The molecule has 1 unspecified atom stereocenters. The van der Waals surface area contributed by atoms with Crippen molar-refractivity contribution in [2.24, 2.45) is 0 Å². The number of para-hydroxylation sites is 1. The molecule has 2 nitrogen and oxygen atoms in total. The Balaban J connectivity index is 2.05. The molecular formula is C16H11Br2NO. The lowest BCUT2D eigenvalue weighted by Gasteiger charge is -2.13. The van der Waals surface area contributed by atoms with Gasteiger partial charge in [0.05, 0.1) is 5.52 Å². The molecule has 0 aliphatic rings. The third-order valence-corrected chi connectivity index (χ3v) is 4.04. The van der Waals surface area contributed by atoms with Gasteiger partial charge in [0.25, 0.3) is 0 Å². The Bertz CT molecular complexity index is 753. The molecule has 0 spiro atoms. The number of rotatable bonds is 2. The third-order valence-electron chi connectivity index (χ3n) is 3.13. The standard InChI is InChI=1S/C16H11Br2NO/c17-13-6-11(7-14(18)8-13)16(20)12-5-10-3-1-2-4-15(10)19-9-12/h1-9,16,20H. The molecule has 100 valence electrons. The summed E-state index contributed by atoms with van der Waals surface area (Å²) in [5.74, 6) is 0. The minimum atomic E-state index is -0.694. The number of hydrogen-bond acceptors (Lipinski definition) is 2. The summed E-state index contributed by atoms with van der Waals surface area (Å²) in [4.78, 5) is 4.39. The second-order valence-corrected chi connectivity index (χ2v) is 6.40. The van der Waals surface area contributed by atoms with Crippen LogP contribution in [0.15, 0.2) is 63.7 Å². The third kappa shape index (κ3) is 2.77. The van der Waals surface area contributed by atoms with E-state index in [-0.39, 0.29) is 0 Å². The van der Waals surface area contributed by atoms with Crippen molar-refractivity contribution in [3.63, 3.8) is 0 Å². The molecule has 20 heavy (non-hydrogen) atoms. The van der Waals surface area contributed by atoms with Gasteiger partial charge in [0, 0.05) is 26.1 Å². The van der Waals surface area contributed by atoms with Crippen LogP contribution in [0.25, 0.3) is 10.9 Å². The number of aliphatic hydroxyl groups is 1. The molecule has 1 atom stereocenters. The fourth-order valence-corrected chi connectivity index (χ4v) is 3.49. The molecule has 0 aliphatic carbocycles. The van der Waals surface area contributed by atoms with Crippen LogP contribution in [0.2, 0.25) is 0 Å². The van der Waals surface area contributed by atoms with Gasteiger partial charge in [-0.15, -0.1) is 0 Å². The predicted molar refractivity (Wildman–Crippen MR) is 87.6 cm³/mol. The lowest BCUT2D eigenvalue weighted by molar-refractivity contribution is 0.220. The van der Waals surface area contributed by atoms with Gasteiger partial charge in [0.1, 0.15) is 6.10 Å². The number of benzene rings is 2. The van der Waals surface area contributed by atoms with Crippen LogP contribution in [0, 0.1) is 0 Å². The van der Waals surface area contributed by atoms with Crippen LogP contribution in [0.4, 0.5) is 0 Å². The zero-order valence-electron chi connectivity index (χ0n) is 10.4. The van der Waals surface area contributed by atoms with Crippen molar-refractivity contribution >= 4 is 42.8 Å². The van der Waals surface area contributed by atoms with Gasteiger partial charge < -0.3 is 5.11 Å². The Kier molecular flexibility index (Phi) is 3.87. The minimum Gasteiger partial charge on any atom is -0.384 e.